The molecular formula is C15H26N4O2. The van der Waals surface area contributed by atoms with Crippen molar-refractivity contribution in [2.24, 2.45) is 5.73 Å². The van der Waals surface area contributed by atoms with Gasteiger partial charge < -0.3 is 19.9 Å². The summed E-state index contributed by atoms with van der Waals surface area (Å²) in [7, 11) is 1.65. The van der Waals surface area contributed by atoms with Crippen LogP contribution in [0.3, 0.4) is 0 Å². The van der Waals surface area contributed by atoms with Crippen LogP contribution < -0.4 is 5.73 Å². The maximum Gasteiger partial charge on any atom is 0.223 e. The van der Waals surface area contributed by atoms with Crippen molar-refractivity contribution in [3.8, 4) is 0 Å². The average Bonchev–Trinajstić information content (AvgIpc) is 2.87. The third-order valence-corrected chi connectivity index (χ3v) is 4.08. The quantitative estimate of drug-likeness (QED) is 0.893. The molecule has 0 saturated carbocycles. The van der Waals surface area contributed by atoms with Crippen LogP contribution in [-0.4, -0.2) is 46.7 Å². The van der Waals surface area contributed by atoms with Crippen molar-refractivity contribution in [2.45, 2.75) is 51.2 Å². The molecule has 21 heavy (non-hydrogen) atoms. The monoisotopic (exact) mass is 294 g/mol. The molecule has 2 rings (SSSR count). The molecule has 2 heterocycles. The van der Waals surface area contributed by atoms with Crippen molar-refractivity contribution in [1.29, 1.82) is 0 Å². The summed E-state index contributed by atoms with van der Waals surface area (Å²) >= 11 is 0. The second-order valence-corrected chi connectivity index (χ2v) is 5.90. The number of ether oxygens (including phenoxy) is 1. The van der Waals surface area contributed by atoms with Gasteiger partial charge in [0.25, 0.3) is 0 Å². The number of carbonyl (C=O) groups excluding carboxylic acids is 1. The Morgan fingerprint density at radius 3 is 2.95 bits per heavy atom. The van der Waals surface area contributed by atoms with Gasteiger partial charge in [0.05, 0.1) is 30.9 Å². The zero-order valence-corrected chi connectivity index (χ0v) is 13.2. The molecule has 0 spiro atoms. The molecule has 0 aromatic carbocycles. The molecule has 6 heteroatoms. The van der Waals surface area contributed by atoms with Gasteiger partial charge in [0.2, 0.25) is 5.91 Å². The van der Waals surface area contributed by atoms with Crippen LogP contribution in [0.25, 0.3) is 0 Å². The topological polar surface area (TPSA) is 73.4 Å². The van der Waals surface area contributed by atoms with Crippen molar-refractivity contribution >= 4 is 5.91 Å². The van der Waals surface area contributed by atoms with Crippen molar-refractivity contribution in [3.05, 3.63) is 18.2 Å². The van der Waals surface area contributed by atoms with E-state index in [0.29, 0.717) is 19.6 Å². The summed E-state index contributed by atoms with van der Waals surface area (Å²) in [5.74, 6) is 0.154. The van der Waals surface area contributed by atoms with Crippen LogP contribution >= 0.6 is 0 Å². The van der Waals surface area contributed by atoms with E-state index < -0.39 is 0 Å². The Morgan fingerprint density at radius 1 is 1.52 bits per heavy atom. The standard InChI is InChI=1S/C15H26N4O2/c1-11(2)19-10-17-9-13(19)15-12(16)5-4-6-14(20)18(15)7-8-21-3/h9-12,15H,4-8,16H2,1-3H3. The number of imidazole rings is 1. The SMILES string of the molecule is COCCN1C(=O)CCCC(N)C1c1cncn1C(C)C. The predicted octanol–water partition coefficient (Wildman–Crippen LogP) is 1.49. The van der Waals surface area contributed by atoms with Crippen LogP contribution in [0.4, 0.5) is 0 Å². The zero-order chi connectivity index (χ0) is 15.4. The highest BCUT2D eigenvalue weighted by atomic mass is 16.5. The fourth-order valence-corrected chi connectivity index (χ4v) is 2.98. The van der Waals surface area contributed by atoms with Crippen LogP contribution in [0, 0.1) is 0 Å². The van der Waals surface area contributed by atoms with E-state index in [9.17, 15) is 4.79 Å². The Kier molecular flexibility index (Phi) is 5.36. The molecule has 118 valence electrons. The van der Waals surface area contributed by atoms with Crippen LogP contribution in [0.5, 0.6) is 0 Å². The summed E-state index contributed by atoms with van der Waals surface area (Å²) in [6.45, 7) is 5.30. The van der Waals surface area contributed by atoms with E-state index in [1.165, 1.54) is 0 Å². The molecule has 6 nitrogen and oxygen atoms in total. The Morgan fingerprint density at radius 2 is 2.29 bits per heavy atom. The molecule has 1 aromatic rings. The minimum absolute atomic E-state index is 0.0671. The molecule has 1 saturated heterocycles. The minimum Gasteiger partial charge on any atom is -0.383 e. The number of nitrogens with zero attached hydrogens (tertiary/aromatic N) is 3. The Labute approximate surface area is 126 Å². The van der Waals surface area contributed by atoms with E-state index in [1.54, 1.807) is 7.11 Å². The number of nitrogens with two attached hydrogens (primary N) is 1. The molecule has 0 bridgehead atoms. The van der Waals surface area contributed by atoms with Gasteiger partial charge in [-0.2, -0.15) is 0 Å². The zero-order valence-electron chi connectivity index (χ0n) is 13.2. The van der Waals surface area contributed by atoms with E-state index in [1.807, 2.05) is 17.4 Å². The Bertz CT molecular complexity index is 472. The first-order valence-electron chi connectivity index (χ1n) is 7.62. The van der Waals surface area contributed by atoms with Crippen molar-refractivity contribution < 1.29 is 9.53 Å². The van der Waals surface area contributed by atoms with Gasteiger partial charge in [-0.05, 0) is 26.7 Å². The lowest BCUT2D eigenvalue weighted by Gasteiger charge is -2.34. The van der Waals surface area contributed by atoms with E-state index in [0.717, 1.165) is 18.5 Å². The van der Waals surface area contributed by atoms with E-state index in [2.05, 4.69) is 23.4 Å². The average molecular weight is 294 g/mol. The summed E-state index contributed by atoms with van der Waals surface area (Å²) < 4.78 is 7.26. The van der Waals surface area contributed by atoms with Crippen LogP contribution in [0.2, 0.25) is 0 Å². The van der Waals surface area contributed by atoms with Crippen molar-refractivity contribution in [1.82, 2.24) is 14.5 Å². The van der Waals surface area contributed by atoms with Gasteiger partial charge in [-0.15, -0.1) is 0 Å². The maximum atomic E-state index is 12.4. The van der Waals surface area contributed by atoms with Crippen LogP contribution in [0.1, 0.15) is 50.9 Å². The van der Waals surface area contributed by atoms with Crippen molar-refractivity contribution in [3.63, 3.8) is 0 Å². The first-order chi connectivity index (χ1) is 10.1. The number of hydrogen-bond acceptors (Lipinski definition) is 4. The molecule has 1 aromatic heterocycles. The lowest BCUT2D eigenvalue weighted by molar-refractivity contribution is -0.134. The molecule has 0 radical (unpaired) electrons. The van der Waals surface area contributed by atoms with Crippen molar-refractivity contribution in [2.75, 3.05) is 20.3 Å². The highest BCUT2D eigenvalue weighted by Gasteiger charge is 2.34. The lowest BCUT2D eigenvalue weighted by atomic mass is 10.0. The largest absolute Gasteiger partial charge is 0.383 e. The third kappa shape index (κ3) is 3.44. The first kappa shape index (κ1) is 16.0. The van der Waals surface area contributed by atoms with E-state index in [-0.39, 0.29) is 24.0 Å². The molecule has 2 atom stereocenters. The van der Waals surface area contributed by atoms with Gasteiger partial charge in [0.1, 0.15) is 0 Å². The van der Waals surface area contributed by atoms with E-state index in [4.69, 9.17) is 10.5 Å². The summed E-state index contributed by atoms with van der Waals surface area (Å²) in [6.07, 6.45) is 5.90. The smallest absolute Gasteiger partial charge is 0.223 e. The molecule has 0 aliphatic carbocycles. The Balaban J connectivity index is 2.36. The normalized spacial score (nSPS) is 23.7. The number of rotatable bonds is 5. The number of amides is 1. The predicted molar refractivity (Wildman–Crippen MR) is 80.8 cm³/mol. The number of methoxy groups -OCH3 is 1. The van der Waals surface area contributed by atoms with E-state index >= 15 is 0 Å². The Hall–Kier alpha value is -1.40. The summed E-state index contributed by atoms with van der Waals surface area (Å²) in [5.41, 5.74) is 7.41. The molecule has 2 unspecified atom stereocenters. The van der Waals surface area contributed by atoms with Gasteiger partial charge in [-0.25, -0.2) is 4.98 Å². The second kappa shape index (κ2) is 7.04. The second-order valence-electron chi connectivity index (χ2n) is 5.90. The van der Waals surface area contributed by atoms with Gasteiger partial charge in [-0.1, -0.05) is 0 Å². The van der Waals surface area contributed by atoms with Crippen LogP contribution in [-0.2, 0) is 9.53 Å². The molecule has 1 aliphatic heterocycles. The molecule has 2 N–H and O–H groups in total. The van der Waals surface area contributed by atoms with Crippen LogP contribution in [0.15, 0.2) is 12.5 Å². The summed E-state index contributed by atoms with van der Waals surface area (Å²) in [5, 5.41) is 0. The molecular weight excluding hydrogens is 268 g/mol. The molecule has 1 amide bonds. The first-order valence-corrected chi connectivity index (χ1v) is 7.62. The van der Waals surface area contributed by atoms with Gasteiger partial charge in [0, 0.05) is 32.2 Å². The molecule has 1 fully saturated rings. The fourth-order valence-electron chi connectivity index (χ4n) is 2.98. The number of likely N-dealkylation sites (tertiary alicyclic amines) is 1. The third-order valence-electron chi connectivity index (χ3n) is 4.08. The maximum absolute atomic E-state index is 12.4. The highest BCUT2D eigenvalue weighted by molar-refractivity contribution is 5.77. The van der Waals surface area contributed by atoms with Gasteiger partial charge in [-0.3, -0.25) is 4.79 Å². The summed E-state index contributed by atoms with van der Waals surface area (Å²) in [6, 6.07) is 0.0971. The lowest BCUT2D eigenvalue weighted by Crippen LogP contribution is -2.44. The fraction of sp³-hybridized carbons (Fsp3) is 0.733. The molecule has 1 aliphatic rings. The number of carbonyl (C=O) groups is 1. The number of aromatic nitrogens is 2. The highest BCUT2D eigenvalue weighted by Crippen LogP contribution is 2.31. The minimum atomic E-state index is -0.125. The van der Waals surface area contributed by atoms with Gasteiger partial charge in [0.15, 0.2) is 0 Å². The van der Waals surface area contributed by atoms with Gasteiger partial charge >= 0.3 is 0 Å². The summed E-state index contributed by atoms with van der Waals surface area (Å²) in [4.78, 5) is 18.6. The number of hydrogen-bond donors (Lipinski definition) is 1.